The summed E-state index contributed by atoms with van der Waals surface area (Å²) >= 11 is 0. The Morgan fingerprint density at radius 2 is 1.23 bits per heavy atom. The van der Waals surface area contributed by atoms with E-state index in [1.807, 2.05) is 27.7 Å². The monoisotopic (exact) mass is 423 g/mol. The highest BCUT2D eigenvalue weighted by atomic mass is 16.2. The largest absolute Gasteiger partial charge is 0.331 e. The first-order valence-corrected chi connectivity index (χ1v) is 10.2. The molecule has 4 rings (SSSR count). The van der Waals surface area contributed by atoms with Crippen molar-refractivity contribution in [2.24, 2.45) is 0 Å². The molecule has 2 aliphatic rings. The number of carbonyl (C=O) groups excluding carboxylic acids is 5. The van der Waals surface area contributed by atoms with E-state index in [1.54, 1.807) is 42.5 Å². The molecule has 0 bridgehead atoms. The third kappa shape index (κ3) is 4.37. The summed E-state index contributed by atoms with van der Waals surface area (Å²) in [6.07, 6.45) is 0. The van der Waals surface area contributed by atoms with Crippen LogP contribution in [0.4, 0.5) is 4.79 Å². The number of carbonyl (C=O) groups is 5. The number of benzene rings is 2. The van der Waals surface area contributed by atoms with Gasteiger partial charge in [0.25, 0.3) is 23.6 Å². The fourth-order valence-electron chi connectivity index (χ4n) is 3.19. The van der Waals surface area contributed by atoms with Crippen molar-refractivity contribution in [1.82, 2.24) is 15.1 Å². The first-order valence-electron chi connectivity index (χ1n) is 10.2. The number of hydrogen-bond donors (Lipinski definition) is 1. The molecule has 0 aliphatic carbocycles. The Balaban J connectivity index is 0.000000807. The van der Waals surface area contributed by atoms with Crippen LogP contribution in [-0.4, -0.2) is 45.5 Å². The second kappa shape index (κ2) is 10.3. The molecule has 1 saturated heterocycles. The van der Waals surface area contributed by atoms with Crippen LogP contribution in [0.2, 0.25) is 0 Å². The van der Waals surface area contributed by atoms with Crippen LogP contribution in [0.15, 0.2) is 54.6 Å². The van der Waals surface area contributed by atoms with Gasteiger partial charge in [0.1, 0.15) is 0 Å². The molecule has 0 saturated carbocycles. The Kier molecular flexibility index (Phi) is 7.79. The van der Waals surface area contributed by atoms with E-state index in [0.29, 0.717) is 10.5 Å². The molecule has 8 heteroatoms. The molecule has 1 fully saturated rings. The summed E-state index contributed by atoms with van der Waals surface area (Å²) in [7, 11) is 0. The van der Waals surface area contributed by atoms with Gasteiger partial charge in [0.05, 0.1) is 17.7 Å². The molecular formula is C23H25N3O5. The normalized spacial score (nSPS) is 17.3. The van der Waals surface area contributed by atoms with E-state index in [4.69, 9.17) is 0 Å². The van der Waals surface area contributed by atoms with E-state index < -0.39 is 35.7 Å². The maximum absolute atomic E-state index is 12.9. The molecule has 2 aliphatic heterocycles. The van der Waals surface area contributed by atoms with Crippen LogP contribution in [0.25, 0.3) is 0 Å². The predicted molar refractivity (Wildman–Crippen MR) is 114 cm³/mol. The standard InChI is InChI=1S/C19H13N3O5.2C2H6/c23-15-14(22-16(24)12-8-4-5-9-13(12)17(22)25)18(26)21(19(27)20-15)10-11-6-2-1-3-7-11;2*1-2/h1-9,14H,10H2,(H,20,23,27);2*1-2H3. The Morgan fingerprint density at radius 3 is 1.74 bits per heavy atom. The zero-order valence-corrected chi connectivity index (χ0v) is 17.9. The number of urea groups is 1. The van der Waals surface area contributed by atoms with Gasteiger partial charge in [0, 0.05) is 0 Å². The maximum Gasteiger partial charge on any atom is 0.331 e. The highest BCUT2D eigenvalue weighted by Crippen LogP contribution is 2.26. The number of amides is 6. The number of nitrogens with zero attached hydrogens (tertiary/aromatic N) is 2. The van der Waals surface area contributed by atoms with E-state index in [2.05, 4.69) is 5.32 Å². The third-order valence-corrected chi connectivity index (χ3v) is 4.49. The van der Waals surface area contributed by atoms with Crippen LogP contribution in [0.5, 0.6) is 0 Å². The Morgan fingerprint density at radius 1 is 0.742 bits per heavy atom. The average Bonchev–Trinajstić information content (AvgIpc) is 3.05. The first-order chi connectivity index (χ1) is 15.0. The van der Waals surface area contributed by atoms with Gasteiger partial charge in [-0.15, -0.1) is 0 Å². The lowest BCUT2D eigenvalue weighted by molar-refractivity contribution is -0.142. The summed E-state index contributed by atoms with van der Waals surface area (Å²) < 4.78 is 0. The van der Waals surface area contributed by atoms with Gasteiger partial charge in [-0.05, 0) is 17.7 Å². The minimum absolute atomic E-state index is 0.0849. The second-order valence-electron chi connectivity index (χ2n) is 6.13. The van der Waals surface area contributed by atoms with E-state index in [1.165, 1.54) is 12.1 Å². The van der Waals surface area contributed by atoms with E-state index in [-0.39, 0.29) is 17.7 Å². The average molecular weight is 423 g/mol. The van der Waals surface area contributed by atoms with Gasteiger partial charge < -0.3 is 0 Å². The first kappa shape index (κ1) is 23.5. The van der Waals surface area contributed by atoms with Gasteiger partial charge in [-0.2, -0.15) is 0 Å². The van der Waals surface area contributed by atoms with E-state index in [0.717, 1.165) is 4.90 Å². The molecule has 2 aromatic carbocycles. The van der Waals surface area contributed by atoms with Crippen LogP contribution in [0.3, 0.4) is 0 Å². The summed E-state index contributed by atoms with van der Waals surface area (Å²) in [6.45, 7) is 7.92. The number of barbiturate groups is 1. The molecule has 2 aromatic rings. The topological polar surface area (TPSA) is 104 Å². The van der Waals surface area contributed by atoms with Crippen LogP contribution >= 0.6 is 0 Å². The van der Waals surface area contributed by atoms with Crippen molar-refractivity contribution in [3.05, 3.63) is 71.3 Å². The van der Waals surface area contributed by atoms with Gasteiger partial charge >= 0.3 is 6.03 Å². The summed E-state index contributed by atoms with van der Waals surface area (Å²) in [4.78, 5) is 64.0. The van der Waals surface area contributed by atoms with Gasteiger partial charge in [-0.3, -0.25) is 34.3 Å². The van der Waals surface area contributed by atoms with E-state index in [9.17, 15) is 24.0 Å². The fourth-order valence-corrected chi connectivity index (χ4v) is 3.19. The smallest absolute Gasteiger partial charge is 0.275 e. The van der Waals surface area contributed by atoms with E-state index >= 15 is 0 Å². The van der Waals surface area contributed by atoms with Crippen molar-refractivity contribution in [3.63, 3.8) is 0 Å². The molecule has 0 radical (unpaired) electrons. The SMILES string of the molecule is CC.CC.O=C1NC(=O)N(Cc2ccccc2)C(=O)C1N1C(=O)c2ccccc2C1=O. The Hall–Kier alpha value is -3.81. The minimum Gasteiger partial charge on any atom is -0.275 e. The van der Waals surface area contributed by atoms with Crippen molar-refractivity contribution in [3.8, 4) is 0 Å². The number of hydrogen-bond acceptors (Lipinski definition) is 5. The predicted octanol–water partition coefficient (Wildman–Crippen LogP) is 2.98. The van der Waals surface area contributed by atoms with Gasteiger partial charge in [0.15, 0.2) is 6.04 Å². The highest BCUT2D eigenvalue weighted by molar-refractivity contribution is 6.28. The molecule has 1 atom stereocenters. The molecule has 1 N–H and O–H groups in total. The molecule has 2 heterocycles. The summed E-state index contributed by atoms with van der Waals surface area (Å²) in [5.74, 6) is -3.39. The molecular weight excluding hydrogens is 398 g/mol. The van der Waals surface area contributed by atoms with Crippen molar-refractivity contribution in [2.45, 2.75) is 40.3 Å². The zero-order chi connectivity index (χ0) is 23.1. The molecule has 0 spiro atoms. The van der Waals surface area contributed by atoms with Crippen LogP contribution in [0, 0.1) is 0 Å². The van der Waals surface area contributed by atoms with Crippen molar-refractivity contribution < 1.29 is 24.0 Å². The number of nitrogens with one attached hydrogen (secondary N) is 1. The maximum atomic E-state index is 12.9. The molecule has 8 nitrogen and oxygen atoms in total. The molecule has 1 unspecified atom stereocenters. The lowest BCUT2D eigenvalue weighted by Crippen LogP contribution is -2.66. The fraction of sp³-hybridized carbons (Fsp3) is 0.261. The van der Waals surface area contributed by atoms with Crippen LogP contribution in [-0.2, 0) is 16.1 Å². The number of fused-ring (bicyclic) bond motifs is 1. The third-order valence-electron chi connectivity index (χ3n) is 4.49. The van der Waals surface area contributed by atoms with Crippen molar-refractivity contribution >= 4 is 29.7 Å². The Bertz CT molecular complexity index is 968. The van der Waals surface area contributed by atoms with Crippen molar-refractivity contribution in [1.29, 1.82) is 0 Å². The van der Waals surface area contributed by atoms with Gasteiger partial charge in [0.2, 0.25) is 0 Å². The summed E-state index contributed by atoms with van der Waals surface area (Å²) in [5, 5.41) is 2.06. The second-order valence-corrected chi connectivity index (χ2v) is 6.13. The quantitative estimate of drug-likeness (QED) is 0.604. The summed E-state index contributed by atoms with van der Waals surface area (Å²) in [6, 6.07) is 12.2. The summed E-state index contributed by atoms with van der Waals surface area (Å²) in [5.41, 5.74) is 0.903. The molecule has 162 valence electrons. The minimum atomic E-state index is -1.72. The van der Waals surface area contributed by atoms with Gasteiger partial charge in [-0.1, -0.05) is 70.2 Å². The number of imide groups is 3. The van der Waals surface area contributed by atoms with Crippen LogP contribution < -0.4 is 5.32 Å². The lowest BCUT2D eigenvalue weighted by atomic mass is 10.1. The van der Waals surface area contributed by atoms with Crippen LogP contribution in [0.1, 0.15) is 54.0 Å². The molecule has 0 aromatic heterocycles. The highest BCUT2D eigenvalue weighted by Gasteiger charge is 2.51. The van der Waals surface area contributed by atoms with Gasteiger partial charge in [-0.25, -0.2) is 4.79 Å². The van der Waals surface area contributed by atoms with Crippen molar-refractivity contribution in [2.75, 3.05) is 0 Å². The Labute approximate surface area is 180 Å². The zero-order valence-electron chi connectivity index (χ0n) is 17.9. The molecule has 31 heavy (non-hydrogen) atoms. The molecule has 6 amide bonds. The number of rotatable bonds is 3. The lowest BCUT2D eigenvalue weighted by Gasteiger charge is -2.33.